The minimum absolute atomic E-state index is 0.00463. The van der Waals surface area contributed by atoms with Crippen molar-refractivity contribution in [3.8, 4) is 0 Å². The lowest BCUT2D eigenvalue weighted by Gasteiger charge is -2.19. The Morgan fingerprint density at radius 3 is 2.36 bits per heavy atom. The molecule has 0 aromatic heterocycles. The topological polar surface area (TPSA) is 108 Å². The van der Waals surface area contributed by atoms with Gasteiger partial charge in [-0.1, -0.05) is 6.07 Å². The fourth-order valence-corrected chi connectivity index (χ4v) is 2.90. The van der Waals surface area contributed by atoms with Gasteiger partial charge in [0.25, 0.3) is 0 Å². The van der Waals surface area contributed by atoms with Crippen molar-refractivity contribution in [1.82, 2.24) is 0 Å². The van der Waals surface area contributed by atoms with Crippen molar-refractivity contribution in [1.29, 1.82) is 0 Å². The number of rotatable bonds is 8. The van der Waals surface area contributed by atoms with Crippen LogP contribution in [0.15, 0.2) is 30.3 Å². The number of benzene rings is 2. The predicted molar refractivity (Wildman–Crippen MR) is 105 cm³/mol. The zero-order valence-electron chi connectivity index (χ0n) is 14.9. The maximum atomic E-state index is 9.39. The van der Waals surface area contributed by atoms with Crippen molar-refractivity contribution in [3.05, 3.63) is 47.0 Å². The molecule has 0 radical (unpaired) electrons. The Bertz CT molecular complexity index is 717. The van der Waals surface area contributed by atoms with E-state index >= 15 is 0 Å². The summed E-state index contributed by atoms with van der Waals surface area (Å²) < 4.78 is 0. The van der Waals surface area contributed by atoms with Crippen LogP contribution in [0.4, 0.5) is 22.7 Å². The molecule has 0 aliphatic carbocycles. The summed E-state index contributed by atoms with van der Waals surface area (Å²) in [6, 6.07) is 9.91. The van der Waals surface area contributed by atoms with Crippen LogP contribution in [-0.4, -0.2) is 37.5 Å². The molecule has 0 heterocycles. The maximum absolute atomic E-state index is 9.39. The van der Waals surface area contributed by atoms with E-state index in [4.69, 9.17) is 11.5 Å². The van der Waals surface area contributed by atoms with Crippen LogP contribution < -0.4 is 21.7 Å². The third-order valence-corrected chi connectivity index (χ3v) is 4.29. The maximum Gasteiger partial charge on any atom is 0.0472 e. The van der Waals surface area contributed by atoms with Gasteiger partial charge in [-0.3, -0.25) is 0 Å². The van der Waals surface area contributed by atoms with Crippen LogP contribution >= 0.6 is 0 Å². The Labute approximate surface area is 149 Å². The first kappa shape index (κ1) is 18.9. The Morgan fingerprint density at radius 1 is 1.00 bits per heavy atom. The Balaban J connectivity index is 2.29. The van der Waals surface area contributed by atoms with E-state index in [1.165, 1.54) is 0 Å². The van der Waals surface area contributed by atoms with E-state index in [1.54, 1.807) is 0 Å². The normalized spacial score (nSPS) is 10.7. The highest BCUT2D eigenvalue weighted by atomic mass is 16.3. The van der Waals surface area contributed by atoms with E-state index in [1.807, 2.05) is 43.3 Å². The zero-order valence-corrected chi connectivity index (χ0v) is 14.9. The van der Waals surface area contributed by atoms with Crippen molar-refractivity contribution < 1.29 is 10.2 Å². The molecular weight excluding hydrogens is 316 g/mol. The van der Waals surface area contributed by atoms with Crippen LogP contribution in [0, 0.1) is 0 Å². The molecule has 0 saturated carbocycles. The number of hydrogen-bond acceptors (Lipinski definition) is 6. The molecule has 0 aliphatic rings. The lowest BCUT2D eigenvalue weighted by molar-refractivity contribution is 0.298. The van der Waals surface area contributed by atoms with E-state index in [9.17, 15) is 10.2 Å². The SMILES string of the molecule is CN(C)c1cccc(NCc2c(N)cc(CCO)c(N)c2CCO)c1. The van der Waals surface area contributed by atoms with Crippen LogP contribution in [0.25, 0.3) is 0 Å². The summed E-state index contributed by atoms with van der Waals surface area (Å²) >= 11 is 0. The molecule has 0 bridgehead atoms. The zero-order chi connectivity index (χ0) is 18.4. The first-order valence-corrected chi connectivity index (χ1v) is 8.39. The van der Waals surface area contributed by atoms with E-state index in [0.717, 1.165) is 28.1 Å². The third-order valence-electron chi connectivity index (χ3n) is 4.29. The van der Waals surface area contributed by atoms with Gasteiger partial charge in [-0.05, 0) is 53.8 Å². The first-order valence-electron chi connectivity index (χ1n) is 8.39. The fourth-order valence-electron chi connectivity index (χ4n) is 2.90. The van der Waals surface area contributed by atoms with Gasteiger partial charge in [0.2, 0.25) is 0 Å². The van der Waals surface area contributed by atoms with Gasteiger partial charge in [0.15, 0.2) is 0 Å². The molecule has 0 saturated heterocycles. The number of aliphatic hydroxyl groups is 2. The molecule has 0 atom stereocenters. The monoisotopic (exact) mass is 344 g/mol. The number of aliphatic hydroxyl groups excluding tert-OH is 2. The average Bonchev–Trinajstić information content (AvgIpc) is 2.59. The van der Waals surface area contributed by atoms with Crippen LogP contribution in [-0.2, 0) is 19.4 Å². The minimum atomic E-state index is -0.00463. The number of nitrogens with two attached hydrogens (primary N) is 2. The van der Waals surface area contributed by atoms with Crippen molar-refractivity contribution >= 4 is 22.7 Å². The summed E-state index contributed by atoms with van der Waals surface area (Å²) in [5, 5.41) is 22.0. The Hall–Kier alpha value is -2.44. The number of anilines is 4. The van der Waals surface area contributed by atoms with Gasteiger partial charge >= 0.3 is 0 Å². The third kappa shape index (κ3) is 4.55. The van der Waals surface area contributed by atoms with E-state index in [2.05, 4.69) is 11.4 Å². The summed E-state index contributed by atoms with van der Waals surface area (Å²) in [5.41, 5.74) is 18.4. The molecule has 0 fully saturated rings. The Kier molecular flexibility index (Phi) is 6.50. The van der Waals surface area contributed by atoms with Crippen molar-refractivity contribution in [2.24, 2.45) is 0 Å². The summed E-state index contributed by atoms with van der Waals surface area (Å²) in [6.45, 7) is 0.522. The number of nitrogens with one attached hydrogen (secondary N) is 1. The summed E-state index contributed by atoms with van der Waals surface area (Å²) in [4.78, 5) is 2.04. The average molecular weight is 344 g/mol. The second-order valence-corrected chi connectivity index (χ2v) is 6.24. The molecule has 2 aromatic rings. The van der Waals surface area contributed by atoms with Gasteiger partial charge < -0.3 is 31.9 Å². The summed E-state index contributed by atoms with van der Waals surface area (Å²) in [5.74, 6) is 0. The van der Waals surface area contributed by atoms with Crippen LogP contribution in [0.2, 0.25) is 0 Å². The van der Waals surface area contributed by atoms with Gasteiger partial charge in [-0.2, -0.15) is 0 Å². The standard InChI is InChI=1S/C19H28N4O2/c1-23(2)15-5-3-4-14(11-15)22-12-17-16(7-9-25)19(21)13(6-8-24)10-18(17)20/h3-5,10-11,22,24-25H,6-9,12,20-21H2,1-2H3. The number of nitrogens with zero attached hydrogens (tertiary/aromatic N) is 1. The van der Waals surface area contributed by atoms with Gasteiger partial charge in [-0.25, -0.2) is 0 Å². The molecule has 6 nitrogen and oxygen atoms in total. The molecule has 0 unspecified atom stereocenters. The summed E-state index contributed by atoms with van der Waals surface area (Å²) in [7, 11) is 3.99. The minimum Gasteiger partial charge on any atom is -0.398 e. The fraction of sp³-hybridized carbons (Fsp3) is 0.368. The van der Waals surface area contributed by atoms with Gasteiger partial charge in [0, 0.05) is 56.6 Å². The molecule has 25 heavy (non-hydrogen) atoms. The quantitative estimate of drug-likeness (QED) is 0.466. The smallest absolute Gasteiger partial charge is 0.0472 e. The van der Waals surface area contributed by atoms with E-state index in [-0.39, 0.29) is 13.2 Å². The highest BCUT2D eigenvalue weighted by Crippen LogP contribution is 2.29. The van der Waals surface area contributed by atoms with Crippen molar-refractivity contribution in [3.63, 3.8) is 0 Å². The molecule has 2 rings (SSSR count). The van der Waals surface area contributed by atoms with Crippen LogP contribution in [0.1, 0.15) is 16.7 Å². The van der Waals surface area contributed by atoms with Crippen LogP contribution in [0.3, 0.4) is 0 Å². The van der Waals surface area contributed by atoms with E-state index in [0.29, 0.717) is 30.8 Å². The van der Waals surface area contributed by atoms with Crippen molar-refractivity contribution in [2.75, 3.05) is 49.0 Å². The van der Waals surface area contributed by atoms with Gasteiger partial charge in [0.1, 0.15) is 0 Å². The van der Waals surface area contributed by atoms with Crippen molar-refractivity contribution in [2.45, 2.75) is 19.4 Å². The lowest BCUT2D eigenvalue weighted by Crippen LogP contribution is -2.13. The molecule has 0 amide bonds. The molecule has 2 aromatic carbocycles. The largest absolute Gasteiger partial charge is 0.398 e. The molecule has 136 valence electrons. The number of nitrogen functional groups attached to an aromatic ring is 2. The summed E-state index contributed by atoms with van der Waals surface area (Å²) in [6.07, 6.45) is 0.886. The predicted octanol–water partition coefficient (Wildman–Crippen LogP) is 1.60. The molecule has 0 spiro atoms. The highest BCUT2D eigenvalue weighted by Gasteiger charge is 2.14. The molecule has 6 heteroatoms. The molecule has 7 N–H and O–H groups in total. The van der Waals surface area contributed by atoms with Gasteiger partial charge in [-0.15, -0.1) is 0 Å². The second kappa shape index (κ2) is 8.60. The highest BCUT2D eigenvalue weighted by molar-refractivity contribution is 5.68. The Morgan fingerprint density at radius 2 is 1.72 bits per heavy atom. The molecule has 0 aliphatic heterocycles. The van der Waals surface area contributed by atoms with Gasteiger partial charge in [0.05, 0.1) is 0 Å². The molecular formula is C19H28N4O2. The van der Waals surface area contributed by atoms with E-state index < -0.39 is 0 Å². The number of hydrogen-bond donors (Lipinski definition) is 5. The lowest BCUT2D eigenvalue weighted by atomic mass is 9.95. The van der Waals surface area contributed by atoms with Crippen LogP contribution in [0.5, 0.6) is 0 Å². The second-order valence-electron chi connectivity index (χ2n) is 6.24. The first-order chi connectivity index (χ1) is 12.0.